The fourth-order valence-electron chi connectivity index (χ4n) is 3.69. The third-order valence-electron chi connectivity index (χ3n) is 5.45. The first kappa shape index (κ1) is 19.9. The molecule has 2 rings (SSSR count). The van der Waals surface area contributed by atoms with E-state index in [1.54, 1.807) is 0 Å². The maximum atomic E-state index is 13.2. The predicted molar refractivity (Wildman–Crippen MR) is 105 cm³/mol. The summed E-state index contributed by atoms with van der Waals surface area (Å²) < 4.78 is 0. The number of benzene rings is 1. The third kappa shape index (κ3) is 5.29. The number of piperidine rings is 1. The number of likely N-dealkylation sites (N-methyl/N-ethyl adjacent to an activating group) is 1. The van der Waals surface area contributed by atoms with E-state index in [-0.39, 0.29) is 5.91 Å². The van der Waals surface area contributed by atoms with Crippen LogP contribution < -0.4 is 0 Å². The lowest BCUT2D eigenvalue weighted by Gasteiger charge is -2.41. The lowest BCUT2D eigenvalue weighted by molar-refractivity contribution is -0.138. The summed E-state index contributed by atoms with van der Waals surface area (Å²) in [6.07, 6.45) is 3.46. The Morgan fingerprint density at radius 2 is 1.84 bits per heavy atom. The van der Waals surface area contributed by atoms with E-state index < -0.39 is 5.41 Å². The average Bonchev–Trinajstić information content (AvgIpc) is 2.61. The zero-order chi connectivity index (χ0) is 18.4. The maximum Gasteiger partial charge on any atom is 0.232 e. The highest BCUT2D eigenvalue weighted by Gasteiger charge is 2.36. The monoisotopic (exact) mass is 345 g/mol. The highest BCUT2D eigenvalue weighted by atomic mass is 16.2. The zero-order valence-electron chi connectivity index (χ0n) is 16.7. The molecule has 4 heteroatoms. The molecule has 1 aliphatic heterocycles. The van der Waals surface area contributed by atoms with Crippen LogP contribution in [0.15, 0.2) is 30.3 Å². The van der Waals surface area contributed by atoms with Crippen LogP contribution in [-0.4, -0.2) is 74.0 Å². The fraction of sp³-hybridized carbons (Fsp3) is 0.667. The number of nitrogens with zero attached hydrogens (tertiary/aromatic N) is 3. The van der Waals surface area contributed by atoms with Gasteiger partial charge in [0.15, 0.2) is 0 Å². The van der Waals surface area contributed by atoms with Crippen LogP contribution in [0.1, 0.15) is 38.7 Å². The Hall–Kier alpha value is -1.39. The summed E-state index contributed by atoms with van der Waals surface area (Å²) in [7, 11) is 6.44. The van der Waals surface area contributed by atoms with E-state index >= 15 is 0 Å². The quantitative estimate of drug-likeness (QED) is 0.760. The Balaban J connectivity index is 1.96. The molecule has 0 aliphatic carbocycles. The van der Waals surface area contributed by atoms with Gasteiger partial charge in [-0.15, -0.1) is 0 Å². The number of likely N-dealkylation sites (tertiary alicyclic amines) is 1. The topological polar surface area (TPSA) is 26.8 Å². The summed E-state index contributed by atoms with van der Waals surface area (Å²) in [6, 6.07) is 10.6. The van der Waals surface area contributed by atoms with Gasteiger partial charge >= 0.3 is 0 Å². The van der Waals surface area contributed by atoms with Gasteiger partial charge in [-0.3, -0.25) is 4.79 Å². The van der Waals surface area contributed by atoms with Crippen molar-refractivity contribution in [2.24, 2.45) is 0 Å². The van der Waals surface area contributed by atoms with E-state index in [0.717, 1.165) is 38.2 Å². The molecular formula is C21H35N3O. The minimum Gasteiger partial charge on any atom is -0.340 e. The molecule has 1 heterocycles. The van der Waals surface area contributed by atoms with Gasteiger partial charge in [0.2, 0.25) is 5.91 Å². The Kier molecular flexibility index (Phi) is 7.03. The molecule has 1 saturated heterocycles. The zero-order valence-corrected chi connectivity index (χ0v) is 16.7. The summed E-state index contributed by atoms with van der Waals surface area (Å²) in [4.78, 5) is 20.0. The molecule has 0 unspecified atom stereocenters. The van der Waals surface area contributed by atoms with Gasteiger partial charge < -0.3 is 14.7 Å². The summed E-state index contributed by atoms with van der Waals surface area (Å²) >= 11 is 0. The average molecular weight is 346 g/mol. The van der Waals surface area contributed by atoms with Gasteiger partial charge in [-0.25, -0.2) is 0 Å². The van der Waals surface area contributed by atoms with Crippen LogP contribution in [0.4, 0.5) is 0 Å². The summed E-state index contributed by atoms with van der Waals surface area (Å²) in [5.41, 5.74) is 0.633. The van der Waals surface area contributed by atoms with Crippen molar-refractivity contribution >= 4 is 5.91 Å². The Morgan fingerprint density at radius 1 is 1.16 bits per heavy atom. The summed E-state index contributed by atoms with van der Waals surface area (Å²) in [5, 5.41) is 0. The third-order valence-corrected chi connectivity index (χ3v) is 5.45. The second-order valence-corrected chi connectivity index (χ2v) is 8.18. The van der Waals surface area contributed by atoms with Crippen molar-refractivity contribution in [3.63, 3.8) is 0 Å². The van der Waals surface area contributed by atoms with Gasteiger partial charge in [0, 0.05) is 19.1 Å². The highest BCUT2D eigenvalue weighted by Crippen LogP contribution is 2.27. The standard InChI is InChI=1S/C21H35N3O/c1-21(2,18-11-7-6-8-12-18)20(25)24-16-9-13-19(17-24)23(5)15-10-14-22(3)4/h6-8,11-12,19H,9-10,13-17H2,1-5H3/t19-/m1/s1. The second-order valence-electron chi connectivity index (χ2n) is 8.18. The van der Waals surface area contributed by atoms with Crippen LogP contribution in [0.5, 0.6) is 0 Å². The van der Waals surface area contributed by atoms with Crippen LogP contribution in [0.2, 0.25) is 0 Å². The second kappa shape index (κ2) is 8.81. The molecule has 1 fully saturated rings. The van der Waals surface area contributed by atoms with E-state index in [1.807, 2.05) is 18.2 Å². The molecule has 4 nitrogen and oxygen atoms in total. The van der Waals surface area contributed by atoms with Crippen molar-refractivity contribution in [3.05, 3.63) is 35.9 Å². The lowest BCUT2D eigenvalue weighted by atomic mass is 9.82. The number of carbonyl (C=O) groups is 1. The van der Waals surface area contributed by atoms with Gasteiger partial charge in [-0.05, 0) is 72.9 Å². The van der Waals surface area contributed by atoms with E-state index in [4.69, 9.17) is 0 Å². The van der Waals surface area contributed by atoms with E-state index in [1.165, 1.54) is 12.8 Å². The SMILES string of the molecule is CN(C)CCCN(C)[C@@H]1CCCN(C(=O)C(C)(C)c2ccccc2)C1. The molecule has 0 bridgehead atoms. The first-order chi connectivity index (χ1) is 11.8. The maximum absolute atomic E-state index is 13.2. The number of amides is 1. The molecule has 0 N–H and O–H groups in total. The Labute approximate surface area is 153 Å². The van der Waals surface area contributed by atoms with Crippen molar-refractivity contribution in [2.45, 2.75) is 44.6 Å². The normalized spacial score (nSPS) is 18.8. The largest absolute Gasteiger partial charge is 0.340 e. The van der Waals surface area contributed by atoms with Crippen molar-refractivity contribution < 1.29 is 4.79 Å². The van der Waals surface area contributed by atoms with Gasteiger partial charge in [-0.2, -0.15) is 0 Å². The molecule has 1 aromatic carbocycles. The molecule has 1 aliphatic rings. The van der Waals surface area contributed by atoms with E-state index in [9.17, 15) is 4.79 Å². The number of hydrogen-bond acceptors (Lipinski definition) is 3. The fourth-order valence-corrected chi connectivity index (χ4v) is 3.69. The van der Waals surface area contributed by atoms with Crippen LogP contribution >= 0.6 is 0 Å². The van der Waals surface area contributed by atoms with Crippen LogP contribution in [0.25, 0.3) is 0 Å². The molecule has 0 radical (unpaired) electrons. The lowest BCUT2D eigenvalue weighted by Crippen LogP contribution is -2.53. The molecule has 1 aromatic rings. The minimum atomic E-state index is -0.466. The van der Waals surface area contributed by atoms with Crippen molar-refractivity contribution in [1.29, 1.82) is 0 Å². The van der Waals surface area contributed by atoms with E-state index in [0.29, 0.717) is 6.04 Å². The highest BCUT2D eigenvalue weighted by molar-refractivity contribution is 5.87. The minimum absolute atomic E-state index is 0.255. The van der Waals surface area contributed by atoms with Crippen LogP contribution in [0, 0.1) is 0 Å². The van der Waals surface area contributed by atoms with Crippen LogP contribution in [-0.2, 0) is 10.2 Å². The predicted octanol–water partition coefficient (Wildman–Crippen LogP) is 2.84. The van der Waals surface area contributed by atoms with Crippen LogP contribution in [0.3, 0.4) is 0 Å². The first-order valence-electron chi connectivity index (χ1n) is 9.52. The Bertz CT molecular complexity index is 541. The first-order valence-corrected chi connectivity index (χ1v) is 9.52. The smallest absolute Gasteiger partial charge is 0.232 e. The van der Waals surface area contributed by atoms with E-state index in [2.05, 4.69) is 61.8 Å². The van der Waals surface area contributed by atoms with Gasteiger partial charge in [0.05, 0.1) is 5.41 Å². The molecule has 1 amide bonds. The van der Waals surface area contributed by atoms with Gasteiger partial charge in [0.1, 0.15) is 0 Å². The molecule has 25 heavy (non-hydrogen) atoms. The number of carbonyl (C=O) groups excluding carboxylic acids is 1. The molecule has 1 atom stereocenters. The van der Waals surface area contributed by atoms with Crippen molar-refractivity contribution in [1.82, 2.24) is 14.7 Å². The molecular weight excluding hydrogens is 310 g/mol. The van der Waals surface area contributed by atoms with Crippen molar-refractivity contribution in [2.75, 3.05) is 47.3 Å². The molecule has 140 valence electrons. The van der Waals surface area contributed by atoms with Gasteiger partial charge in [-0.1, -0.05) is 30.3 Å². The molecule has 0 spiro atoms. The Morgan fingerprint density at radius 3 is 2.48 bits per heavy atom. The summed E-state index contributed by atoms with van der Waals surface area (Å²) in [5.74, 6) is 0.255. The summed E-state index contributed by atoms with van der Waals surface area (Å²) in [6.45, 7) is 8.04. The van der Waals surface area contributed by atoms with Gasteiger partial charge in [0.25, 0.3) is 0 Å². The number of hydrogen-bond donors (Lipinski definition) is 0. The number of rotatable bonds is 7. The molecule has 0 saturated carbocycles. The molecule has 0 aromatic heterocycles. The van der Waals surface area contributed by atoms with Crippen molar-refractivity contribution in [3.8, 4) is 0 Å².